The van der Waals surface area contributed by atoms with Gasteiger partial charge < -0.3 is 25.9 Å². The van der Waals surface area contributed by atoms with Gasteiger partial charge in [0.15, 0.2) is 5.60 Å². The number of carbonyl (C=O) groups is 4. The third-order valence-corrected chi connectivity index (χ3v) is 2.66. The first-order valence-corrected chi connectivity index (χ1v) is 6.18. The van der Waals surface area contributed by atoms with Crippen LogP contribution in [0.2, 0.25) is 0 Å². The van der Waals surface area contributed by atoms with Gasteiger partial charge in [0.1, 0.15) is 0 Å². The first-order valence-electron chi connectivity index (χ1n) is 6.18. The van der Waals surface area contributed by atoms with Gasteiger partial charge in [-0.25, -0.2) is 14.4 Å². The summed E-state index contributed by atoms with van der Waals surface area (Å²) >= 11 is 0. The number of carboxylic acids is 2. The molecular weight excluding hydrogens is 312 g/mol. The van der Waals surface area contributed by atoms with Gasteiger partial charge in [0, 0.05) is 0 Å². The summed E-state index contributed by atoms with van der Waals surface area (Å²) in [5.74, 6) is -4.89. The lowest BCUT2D eigenvalue weighted by molar-refractivity contribution is -0.172. The van der Waals surface area contributed by atoms with E-state index in [0.717, 1.165) is 0 Å². The smallest absolute Gasteiger partial charge is 0.352 e. The van der Waals surface area contributed by atoms with Gasteiger partial charge in [-0.2, -0.15) is 0 Å². The number of benzene rings is 1. The van der Waals surface area contributed by atoms with Crippen molar-refractivity contribution in [2.24, 2.45) is 5.73 Å². The Labute approximate surface area is 129 Å². The van der Waals surface area contributed by atoms with E-state index in [0.29, 0.717) is 5.06 Å². The molecule has 0 saturated carbocycles. The molecule has 0 aliphatic rings. The minimum atomic E-state index is -2.87. The van der Waals surface area contributed by atoms with Crippen molar-refractivity contribution >= 4 is 29.6 Å². The zero-order chi connectivity index (χ0) is 17.6. The normalized spacial score (nSPS) is 12.7. The zero-order valence-corrected chi connectivity index (χ0v) is 11.7. The van der Waals surface area contributed by atoms with E-state index in [4.69, 9.17) is 15.9 Å². The number of anilines is 1. The molecular formula is C13H14N2O8. The highest BCUT2D eigenvalue weighted by atomic mass is 16.7. The van der Waals surface area contributed by atoms with Crippen LogP contribution in [0, 0.1) is 0 Å². The van der Waals surface area contributed by atoms with Gasteiger partial charge in [0.2, 0.25) is 0 Å². The lowest BCUT2D eigenvalue weighted by Gasteiger charge is -2.23. The van der Waals surface area contributed by atoms with Crippen molar-refractivity contribution in [1.82, 2.24) is 0 Å². The standard InChI is InChI=1S/C13H14N2O8/c14-12(21)15(8-4-2-1-3-5-8)23-10(18)7-13(22,11(19)20)6-9(16)17/h1-5,22H,6-7H2,(H2,14,21)(H,16,17)(H,19,20). The Balaban J connectivity index is 2.89. The summed E-state index contributed by atoms with van der Waals surface area (Å²) in [4.78, 5) is 49.2. The second-order valence-corrected chi connectivity index (χ2v) is 4.52. The average Bonchev–Trinajstić information content (AvgIpc) is 2.44. The molecule has 10 nitrogen and oxygen atoms in total. The van der Waals surface area contributed by atoms with Crippen LogP contribution >= 0.6 is 0 Å². The molecule has 0 heterocycles. The number of rotatable bonds is 6. The quantitative estimate of drug-likeness (QED) is 0.517. The van der Waals surface area contributed by atoms with Gasteiger partial charge in [-0.05, 0) is 12.1 Å². The lowest BCUT2D eigenvalue weighted by atomic mass is 9.96. The maximum absolute atomic E-state index is 11.7. The fraction of sp³-hybridized carbons (Fsp3) is 0.231. The first-order chi connectivity index (χ1) is 10.7. The summed E-state index contributed by atoms with van der Waals surface area (Å²) in [6.07, 6.45) is -2.41. The number of aliphatic carboxylic acids is 2. The van der Waals surface area contributed by atoms with E-state index in [-0.39, 0.29) is 5.69 Å². The third-order valence-electron chi connectivity index (χ3n) is 2.66. The molecule has 0 radical (unpaired) electrons. The van der Waals surface area contributed by atoms with Crippen LogP contribution < -0.4 is 10.8 Å². The molecule has 0 saturated heterocycles. The number of carbonyl (C=O) groups excluding carboxylic acids is 2. The van der Waals surface area contributed by atoms with Crippen molar-refractivity contribution in [2.45, 2.75) is 18.4 Å². The Morgan fingerprint density at radius 3 is 2.09 bits per heavy atom. The molecule has 5 N–H and O–H groups in total. The van der Waals surface area contributed by atoms with Gasteiger partial charge in [0.05, 0.1) is 18.5 Å². The molecule has 1 aromatic carbocycles. The second kappa shape index (κ2) is 7.22. The topological polar surface area (TPSA) is 167 Å². The molecule has 1 unspecified atom stereocenters. The van der Waals surface area contributed by atoms with Crippen molar-refractivity contribution in [3.05, 3.63) is 30.3 Å². The van der Waals surface area contributed by atoms with E-state index in [9.17, 15) is 24.3 Å². The number of amides is 2. The van der Waals surface area contributed by atoms with Crippen LogP contribution in [-0.2, 0) is 19.2 Å². The van der Waals surface area contributed by atoms with E-state index in [1.165, 1.54) is 24.3 Å². The Morgan fingerprint density at radius 1 is 1.09 bits per heavy atom. The molecule has 124 valence electrons. The Kier molecular flexibility index (Phi) is 5.62. The number of hydrogen-bond acceptors (Lipinski definition) is 6. The largest absolute Gasteiger partial charge is 0.481 e. The van der Waals surface area contributed by atoms with Crippen LogP contribution in [0.5, 0.6) is 0 Å². The number of nitrogens with two attached hydrogens (primary N) is 1. The van der Waals surface area contributed by atoms with Crippen molar-refractivity contribution < 1.29 is 39.3 Å². The van der Waals surface area contributed by atoms with Gasteiger partial charge >= 0.3 is 23.9 Å². The molecule has 10 heteroatoms. The molecule has 1 aromatic rings. The number of aliphatic hydroxyl groups is 1. The number of urea groups is 1. The van der Waals surface area contributed by atoms with Crippen LogP contribution in [0.15, 0.2) is 30.3 Å². The highest BCUT2D eigenvalue weighted by Crippen LogP contribution is 2.19. The Hall–Kier alpha value is -3.14. The van der Waals surface area contributed by atoms with E-state index in [2.05, 4.69) is 4.84 Å². The van der Waals surface area contributed by atoms with E-state index in [1.807, 2.05) is 0 Å². The maximum Gasteiger partial charge on any atom is 0.352 e. The first kappa shape index (κ1) is 17.9. The fourth-order valence-corrected chi connectivity index (χ4v) is 1.63. The molecule has 0 aromatic heterocycles. The van der Waals surface area contributed by atoms with Gasteiger partial charge in [-0.1, -0.05) is 18.2 Å². The SMILES string of the molecule is NC(=O)N(OC(=O)CC(O)(CC(=O)O)C(=O)O)c1ccccc1. The van der Waals surface area contributed by atoms with Crippen LogP contribution in [-0.4, -0.2) is 44.9 Å². The van der Waals surface area contributed by atoms with Crippen LogP contribution in [0.1, 0.15) is 12.8 Å². The van der Waals surface area contributed by atoms with Crippen molar-refractivity contribution in [3.63, 3.8) is 0 Å². The summed E-state index contributed by atoms with van der Waals surface area (Å²) in [6, 6.07) is 6.29. The van der Waals surface area contributed by atoms with E-state index >= 15 is 0 Å². The molecule has 1 atom stereocenters. The van der Waals surface area contributed by atoms with Gasteiger partial charge in [0.25, 0.3) is 0 Å². The molecule has 0 aliphatic carbocycles. The molecule has 0 fully saturated rings. The summed E-state index contributed by atoms with van der Waals surface area (Å²) in [7, 11) is 0. The maximum atomic E-state index is 11.7. The summed E-state index contributed by atoms with van der Waals surface area (Å²) in [5, 5.41) is 27.6. The Morgan fingerprint density at radius 2 is 1.65 bits per heavy atom. The monoisotopic (exact) mass is 326 g/mol. The fourth-order valence-electron chi connectivity index (χ4n) is 1.63. The van der Waals surface area contributed by atoms with Crippen LogP contribution in [0.25, 0.3) is 0 Å². The zero-order valence-electron chi connectivity index (χ0n) is 11.7. The third kappa shape index (κ3) is 4.97. The predicted molar refractivity (Wildman–Crippen MR) is 74.1 cm³/mol. The summed E-state index contributed by atoms with van der Waals surface area (Å²) in [6.45, 7) is 0. The summed E-state index contributed by atoms with van der Waals surface area (Å²) in [5.41, 5.74) is 2.27. The second-order valence-electron chi connectivity index (χ2n) is 4.52. The average molecular weight is 326 g/mol. The van der Waals surface area contributed by atoms with Gasteiger partial charge in [-0.3, -0.25) is 4.79 Å². The Bertz CT molecular complexity index is 618. The van der Waals surface area contributed by atoms with Crippen molar-refractivity contribution in [3.8, 4) is 0 Å². The highest BCUT2D eigenvalue weighted by Gasteiger charge is 2.42. The lowest BCUT2D eigenvalue weighted by Crippen LogP contribution is -2.45. The number of hydroxylamine groups is 1. The van der Waals surface area contributed by atoms with E-state index in [1.54, 1.807) is 6.07 Å². The number of hydrogen-bond donors (Lipinski definition) is 4. The predicted octanol–water partition coefficient (Wildman–Crippen LogP) is -0.290. The van der Waals surface area contributed by atoms with Crippen molar-refractivity contribution in [2.75, 3.05) is 5.06 Å². The molecule has 1 rings (SSSR count). The minimum absolute atomic E-state index is 0.0884. The minimum Gasteiger partial charge on any atom is -0.481 e. The number of carboxylic acid groups (broad SMARTS) is 2. The number of primary amides is 1. The number of para-hydroxylation sites is 1. The molecule has 2 amide bonds. The van der Waals surface area contributed by atoms with Crippen LogP contribution in [0.3, 0.4) is 0 Å². The van der Waals surface area contributed by atoms with E-state index < -0.39 is 42.4 Å². The molecule has 0 bridgehead atoms. The molecule has 0 aliphatic heterocycles. The molecule has 0 spiro atoms. The van der Waals surface area contributed by atoms with Crippen LogP contribution in [0.4, 0.5) is 10.5 Å². The van der Waals surface area contributed by atoms with Gasteiger partial charge in [-0.15, -0.1) is 5.06 Å². The summed E-state index contributed by atoms with van der Waals surface area (Å²) < 4.78 is 0. The highest BCUT2D eigenvalue weighted by molar-refractivity contribution is 5.93. The molecule has 23 heavy (non-hydrogen) atoms. The van der Waals surface area contributed by atoms with Crippen molar-refractivity contribution in [1.29, 1.82) is 0 Å². The number of nitrogens with zero attached hydrogens (tertiary/aromatic N) is 1.